The summed E-state index contributed by atoms with van der Waals surface area (Å²) in [6, 6.07) is 8.34. The van der Waals surface area contributed by atoms with Crippen molar-refractivity contribution in [2.24, 2.45) is 11.3 Å². The minimum atomic E-state index is -0.299. The molecule has 1 atom stereocenters. The SMILES string of the molecule is O=c1[nH]ncc2nc(N3CCCCCC3)nc(Nc3ccc(N4CCC5(CC4)CC5CO)cc3)c12. The largest absolute Gasteiger partial charge is 0.396 e. The minimum absolute atomic E-state index is 0.299. The predicted molar refractivity (Wildman–Crippen MR) is 137 cm³/mol. The molecule has 1 unspecified atom stereocenters. The number of aromatic nitrogens is 4. The van der Waals surface area contributed by atoms with Crippen molar-refractivity contribution in [2.45, 2.75) is 44.9 Å². The number of hydrogen-bond donors (Lipinski definition) is 3. The van der Waals surface area contributed by atoms with Gasteiger partial charge in [-0.25, -0.2) is 10.1 Å². The quantitative estimate of drug-likeness (QED) is 0.515. The van der Waals surface area contributed by atoms with Crippen LogP contribution in [0.5, 0.6) is 0 Å². The zero-order chi connectivity index (χ0) is 23.8. The van der Waals surface area contributed by atoms with Gasteiger partial charge in [-0.2, -0.15) is 10.1 Å². The van der Waals surface area contributed by atoms with E-state index in [-0.39, 0.29) is 5.56 Å². The molecule has 6 rings (SSSR count). The third-order valence-corrected chi connectivity index (χ3v) is 8.23. The van der Waals surface area contributed by atoms with Gasteiger partial charge in [-0.05, 0) is 67.7 Å². The molecule has 184 valence electrons. The van der Waals surface area contributed by atoms with Crippen molar-refractivity contribution in [1.29, 1.82) is 0 Å². The third kappa shape index (κ3) is 4.33. The molecule has 2 aromatic heterocycles. The van der Waals surface area contributed by atoms with Crippen LogP contribution in [0, 0.1) is 11.3 Å². The number of aliphatic hydroxyl groups excluding tert-OH is 1. The molecule has 1 saturated carbocycles. The molecule has 35 heavy (non-hydrogen) atoms. The lowest BCUT2D eigenvalue weighted by molar-refractivity contribution is 0.232. The average molecular weight is 476 g/mol. The number of rotatable bonds is 5. The van der Waals surface area contributed by atoms with Gasteiger partial charge in [-0.3, -0.25) is 4.79 Å². The van der Waals surface area contributed by atoms with E-state index in [4.69, 9.17) is 4.98 Å². The fourth-order valence-electron chi connectivity index (χ4n) is 5.90. The maximum absolute atomic E-state index is 12.6. The Hall–Kier alpha value is -3.20. The molecule has 0 amide bonds. The van der Waals surface area contributed by atoms with Gasteiger partial charge in [-0.1, -0.05) is 12.8 Å². The maximum atomic E-state index is 12.6. The van der Waals surface area contributed by atoms with Gasteiger partial charge in [-0.15, -0.1) is 0 Å². The van der Waals surface area contributed by atoms with Crippen LogP contribution >= 0.6 is 0 Å². The second-order valence-electron chi connectivity index (χ2n) is 10.3. The topological polar surface area (TPSA) is 110 Å². The molecule has 3 aromatic rings. The predicted octanol–water partition coefficient (Wildman–Crippen LogP) is 3.44. The lowest BCUT2D eigenvalue weighted by atomic mass is 9.90. The van der Waals surface area contributed by atoms with E-state index >= 15 is 0 Å². The van der Waals surface area contributed by atoms with Crippen LogP contribution in [-0.4, -0.2) is 58.1 Å². The van der Waals surface area contributed by atoms with Gasteiger partial charge in [0.15, 0.2) is 0 Å². The minimum Gasteiger partial charge on any atom is -0.396 e. The monoisotopic (exact) mass is 475 g/mol. The van der Waals surface area contributed by atoms with Gasteiger partial charge in [0, 0.05) is 44.2 Å². The number of nitrogens with zero attached hydrogens (tertiary/aromatic N) is 5. The Kier molecular flexibility index (Phi) is 5.80. The Labute approximate surface area is 204 Å². The first-order valence-electron chi connectivity index (χ1n) is 12.9. The number of aliphatic hydroxyl groups is 1. The van der Waals surface area contributed by atoms with Crippen molar-refractivity contribution in [3.8, 4) is 0 Å². The van der Waals surface area contributed by atoms with Gasteiger partial charge in [0.05, 0.1) is 6.20 Å². The van der Waals surface area contributed by atoms with Crippen molar-refractivity contribution >= 4 is 34.0 Å². The van der Waals surface area contributed by atoms with Crippen molar-refractivity contribution < 1.29 is 5.11 Å². The summed E-state index contributed by atoms with van der Waals surface area (Å²) in [5.74, 6) is 1.67. The molecule has 4 heterocycles. The van der Waals surface area contributed by atoms with E-state index in [9.17, 15) is 9.90 Å². The Morgan fingerprint density at radius 1 is 1.00 bits per heavy atom. The van der Waals surface area contributed by atoms with E-state index in [0.29, 0.717) is 40.6 Å². The first-order chi connectivity index (χ1) is 17.1. The lowest BCUT2D eigenvalue weighted by Crippen LogP contribution is -2.35. The van der Waals surface area contributed by atoms with Crippen molar-refractivity contribution in [3.63, 3.8) is 0 Å². The molecular weight excluding hydrogens is 442 g/mol. The summed E-state index contributed by atoms with van der Waals surface area (Å²) < 4.78 is 0. The number of benzene rings is 1. The Bertz CT molecular complexity index is 1240. The third-order valence-electron chi connectivity index (χ3n) is 8.23. The molecule has 0 bridgehead atoms. The molecule has 1 aliphatic carbocycles. The average Bonchev–Trinajstić information content (AvgIpc) is 3.63. The van der Waals surface area contributed by atoms with Crippen LogP contribution in [0.3, 0.4) is 0 Å². The summed E-state index contributed by atoms with van der Waals surface area (Å²) in [5.41, 5.74) is 2.72. The molecule has 3 N–H and O–H groups in total. The van der Waals surface area contributed by atoms with Crippen molar-refractivity contribution in [1.82, 2.24) is 20.2 Å². The van der Waals surface area contributed by atoms with E-state index in [1.807, 2.05) is 12.1 Å². The number of H-pyrrole nitrogens is 1. The molecule has 1 aromatic carbocycles. The van der Waals surface area contributed by atoms with Gasteiger partial charge in [0.25, 0.3) is 5.56 Å². The van der Waals surface area contributed by atoms with Crippen molar-refractivity contribution in [3.05, 3.63) is 40.8 Å². The number of anilines is 4. The van der Waals surface area contributed by atoms with Gasteiger partial charge < -0.3 is 20.2 Å². The van der Waals surface area contributed by atoms with Gasteiger partial charge >= 0.3 is 0 Å². The summed E-state index contributed by atoms with van der Waals surface area (Å²) in [6.07, 6.45) is 9.78. The first-order valence-corrected chi connectivity index (χ1v) is 12.9. The second-order valence-corrected chi connectivity index (χ2v) is 10.3. The first kappa shape index (κ1) is 22.3. The van der Waals surface area contributed by atoms with Crippen LogP contribution in [-0.2, 0) is 0 Å². The van der Waals surface area contributed by atoms with Gasteiger partial charge in [0.2, 0.25) is 5.95 Å². The molecule has 2 saturated heterocycles. The normalized spacial score (nSPS) is 21.8. The number of piperidine rings is 1. The van der Waals surface area contributed by atoms with E-state index in [2.05, 4.69) is 42.4 Å². The fraction of sp³-hybridized carbons (Fsp3) is 0.538. The highest BCUT2D eigenvalue weighted by Gasteiger charge is 2.54. The molecule has 9 nitrogen and oxygen atoms in total. The summed E-state index contributed by atoms with van der Waals surface area (Å²) in [5, 5.41) is 19.8. The van der Waals surface area contributed by atoms with Crippen LogP contribution in [0.2, 0.25) is 0 Å². The molecule has 2 aliphatic heterocycles. The van der Waals surface area contributed by atoms with E-state index in [0.717, 1.165) is 57.5 Å². The van der Waals surface area contributed by atoms with Crippen LogP contribution in [0.25, 0.3) is 10.9 Å². The Morgan fingerprint density at radius 2 is 1.74 bits per heavy atom. The molecular formula is C26H33N7O2. The lowest BCUT2D eigenvalue weighted by Gasteiger charge is -2.34. The van der Waals surface area contributed by atoms with Crippen LogP contribution < -0.4 is 20.7 Å². The van der Waals surface area contributed by atoms with Crippen LogP contribution in [0.15, 0.2) is 35.3 Å². The highest BCUT2D eigenvalue weighted by molar-refractivity contribution is 5.90. The smallest absolute Gasteiger partial charge is 0.277 e. The summed E-state index contributed by atoms with van der Waals surface area (Å²) in [6.45, 7) is 4.23. The molecule has 1 spiro atoms. The highest BCUT2D eigenvalue weighted by Crippen LogP contribution is 2.59. The van der Waals surface area contributed by atoms with E-state index in [1.54, 1.807) is 6.20 Å². The Morgan fingerprint density at radius 3 is 2.43 bits per heavy atom. The summed E-state index contributed by atoms with van der Waals surface area (Å²) >= 11 is 0. The number of aromatic amines is 1. The summed E-state index contributed by atoms with van der Waals surface area (Å²) in [7, 11) is 0. The Balaban J connectivity index is 1.23. The zero-order valence-electron chi connectivity index (χ0n) is 20.0. The van der Waals surface area contributed by atoms with E-state index < -0.39 is 0 Å². The number of hydrogen-bond acceptors (Lipinski definition) is 8. The maximum Gasteiger partial charge on any atom is 0.277 e. The molecule has 3 aliphatic rings. The number of nitrogens with one attached hydrogen (secondary N) is 2. The second kappa shape index (κ2) is 9.11. The summed E-state index contributed by atoms with van der Waals surface area (Å²) in [4.78, 5) is 26.7. The fourth-order valence-corrected chi connectivity index (χ4v) is 5.90. The molecule has 3 fully saturated rings. The number of fused-ring (bicyclic) bond motifs is 1. The van der Waals surface area contributed by atoms with Crippen LogP contribution in [0.1, 0.15) is 44.9 Å². The van der Waals surface area contributed by atoms with Gasteiger partial charge in [0.1, 0.15) is 16.7 Å². The molecule has 0 radical (unpaired) electrons. The molecule has 9 heteroatoms. The zero-order valence-corrected chi connectivity index (χ0v) is 20.0. The van der Waals surface area contributed by atoms with E-state index in [1.165, 1.54) is 24.9 Å². The standard InChI is InChI=1S/C26H33N7O2/c34-17-18-15-26(18)9-13-32(14-10-26)20-7-5-19(6-8-20)28-23-22-21(16-27-31-24(22)35)29-25(30-23)33-11-3-1-2-4-12-33/h5-8,16,18,34H,1-4,9-15,17H2,(H,31,35)(H,28,29,30). The van der Waals surface area contributed by atoms with Crippen molar-refractivity contribution in [2.75, 3.05) is 47.9 Å². The highest BCUT2D eigenvalue weighted by atomic mass is 16.3. The van der Waals surface area contributed by atoms with Crippen LogP contribution in [0.4, 0.5) is 23.1 Å².